The summed E-state index contributed by atoms with van der Waals surface area (Å²) >= 11 is 0. The molecule has 2 unspecified atom stereocenters. The minimum atomic E-state index is -2.90. The highest BCUT2D eigenvalue weighted by Gasteiger charge is 2.33. The number of hydrazine groups is 1. The van der Waals surface area contributed by atoms with Crippen LogP contribution in [0, 0.1) is 5.92 Å². The molecule has 1 aliphatic rings. The number of para-hydroxylation sites is 2. The molecule has 1 aromatic carbocycles. The predicted molar refractivity (Wildman–Crippen MR) is 82.3 cm³/mol. The van der Waals surface area contributed by atoms with E-state index in [2.05, 4.69) is 10.4 Å². The summed E-state index contributed by atoms with van der Waals surface area (Å²) in [6, 6.07) is 7.87. The van der Waals surface area contributed by atoms with Crippen LogP contribution in [0.15, 0.2) is 24.3 Å². The van der Waals surface area contributed by atoms with Crippen molar-refractivity contribution < 1.29 is 8.42 Å². The van der Waals surface area contributed by atoms with Gasteiger partial charge in [0.05, 0.1) is 22.5 Å². The minimum absolute atomic E-state index is 0.0554. The maximum absolute atomic E-state index is 11.6. The highest BCUT2D eigenvalue weighted by Crippen LogP contribution is 2.24. The minimum Gasteiger partial charge on any atom is -0.331 e. The molecule has 3 rings (SSSR count). The maximum Gasteiger partial charge on any atom is 0.150 e. The van der Waals surface area contributed by atoms with Gasteiger partial charge in [-0.15, -0.1) is 0 Å². The first-order valence-corrected chi connectivity index (χ1v) is 8.89. The van der Waals surface area contributed by atoms with Gasteiger partial charge >= 0.3 is 0 Å². The van der Waals surface area contributed by atoms with E-state index in [9.17, 15) is 8.42 Å². The molecular formula is C14H20N4O2S. The van der Waals surface area contributed by atoms with Gasteiger partial charge in [-0.2, -0.15) is 0 Å². The normalized spacial score (nSPS) is 22.7. The largest absolute Gasteiger partial charge is 0.331 e. The second-order valence-corrected chi connectivity index (χ2v) is 7.94. The quantitative estimate of drug-likeness (QED) is 0.629. The third-order valence-corrected chi connectivity index (χ3v) is 6.13. The van der Waals surface area contributed by atoms with E-state index in [1.165, 1.54) is 0 Å². The fourth-order valence-electron chi connectivity index (χ4n) is 3.08. The molecule has 2 aromatic rings. The molecule has 1 saturated heterocycles. The molecule has 0 saturated carbocycles. The molecule has 0 spiro atoms. The lowest BCUT2D eigenvalue weighted by molar-refractivity contribution is 0.377. The van der Waals surface area contributed by atoms with Gasteiger partial charge in [0.15, 0.2) is 9.84 Å². The van der Waals surface area contributed by atoms with Gasteiger partial charge in [0.1, 0.15) is 5.82 Å². The summed E-state index contributed by atoms with van der Waals surface area (Å²) < 4.78 is 25.3. The van der Waals surface area contributed by atoms with Gasteiger partial charge in [0, 0.05) is 19.5 Å². The number of nitrogens with two attached hydrogens (primary N) is 1. The Morgan fingerprint density at radius 1 is 1.48 bits per heavy atom. The summed E-state index contributed by atoms with van der Waals surface area (Å²) in [4.78, 5) is 4.63. The molecule has 0 bridgehead atoms. The van der Waals surface area contributed by atoms with Crippen molar-refractivity contribution in [3.05, 3.63) is 30.1 Å². The number of fused-ring (bicyclic) bond motifs is 1. The summed E-state index contributed by atoms with van der Waals surface area (Å²) in [5, 5.41) is 0. The molecular weight excluding hydrogens is 288 g/mol. The van der Waals surface area contributed by atoms with Crippen molar-refractivity contribution >= 4 is 20.9 Å². The lowest BCUT2D eigenvalue weighted by Gasteiger charge is -2.21. The Balaban J connectivity index is 1.84. The van der Waals surface area contributed by atoms with Gasteiger partial charge in [-0.3, -0.25) is 11.3 Å². The van der Waals surface area contributed by atoms with Crippen LogP contribution in [0.3, 0.4) is 0 Å². The lowest BCUT2D eigenvalue weighted by atomic mass is 9.97. The third kappa shape index (κ3) is 2.81. The Labute approximate surface area is 124 Å². The summed E-state index contributed by atoms with van der Waals surface area (Å²) in [6.45, 7) is 0. The van der Waals surface area contributed by atoms with E-state index in [-0.39, 0.29) is 23.5 Å². The van der Waals surface area contributed by atoms with Crippen molar-refractivity contribution in [2.24, 2.45) is 18.8 Å². The zero-order chi connectivity index (χ0) is 15.0. The Morgan fingerprint density at radius 3 is 2.86 bits per heavy atom. The van der Waals surface area contributed by atoms with Crippen LogP contribution in [0.4, 0.5) is 0 Å². The highest BCUT2D eigenvalue weighted by molar-refractivity contribution is 7.91. The lowest BCUT2D eigenvalue weighted by Crippen LogP contribution is -2.43. The first-order valence-electron chi connectivity index (χ1n) is 7.07. The topological polar surface area (TPSA) is 90.0 Å². The van der Waals surface area contributed by atoms with Crippen molar-refractivity contribution in [1.82, 2.24) is 15.0 Å². The fraction of sp³-hybridized carbons (Fsp3) is 0.500. The number of rotatable bonds is 4. The molecule has 7 heteroatoms. The maximum atomic E-state index is 11.6. The molecule has 1 fully saturated rings. The van der Waals surface area contributed by atoms with Crippen molar-refractivity contribution in [3.8, 4) is 0 Å². The number of nitrogens with one attached hydrogen (secondary N) is 1. The van der Waals surface area contributed by atoms with Crippen LogP contribution >= 0.6 is 0 Å². The van der Waals surface area contributed by atoms with Gasteiger partial charge in [-0.05, 0) is 24.5 Å². The smallest absolute Gasteiger partial charge is 0.150 e. The first-order chi connectivity index (χ1) is 10.00. The van der Waals surface area contributed by atoms with Crippen LogP contribution in [0.5, 0.6) is 0 Å². The van der Waals surface area contributed by atoms with E-state index in [0.29, 0.717) is 12.8 Å². The van der Waals surface area contributed by atoms with Crippen LogP contribution in [0.25, 0.3) is 11.0 Å². The van der Waals surface area contributed by atoms with Crippen LogP contribution in [-0.4, -0.2) is 35.5 Å². The van der Waals surface area contributed by atoms with Gasteiger partial charge in [-0.25, -0.2) is 13.4 Å². The van der Waals surface area contributed by atoms with Crippen LogP contribution in [-0.2, 0) is 23.3 Å². The Bertz CT molecular complexity index is 753. The van der Waals surface area contributed by atoms with Crippen LogP contribution in [0.2, 0.25) is 0 Å². The summed E-state index contributed by atoms with van der Waals surface area (Å²) in [5.41, 5.74) is 4.80. The molecule has 0 amide bonds. The second-order valence-electron chi connectivity index (χ2n) is 5.72. The summed E-state index contributed by atoms with van der Waals surface area (Å²) in [7, 11) is -0.925. The molecule has 21 heavy (non-hydrogen) atoms. The summed E-state index contributed by atoms with van der Waals surface area (Å²) in [5.74, 6) is 7.10. The van der Waals surface area contributed by atoms with Crippen LogP contribution < -0.4 is 11.3 Å². The molecule has 2 atom stereocenters. The van der Waals surface area contributed by atoms with E-state index in [1.54, 1.807) is 0 Å². The first kappa shape index (κ1) is 14.5. The second kappa shape index (κ2) is 5.40. The fourth-order valence-corrected chi connectivity index (χ4v) is 4.96. The third-order valence-electron chi connectivity index (χ3n) is 4.33. The monoisotopic (exact) mass is 308 g/mol. The number of imidazole rings is 1. The van der Waals surface area contributed by atoms with E-state index < -0.39 is 9.84 Å². The van der Waals surface area contributed by atoms with Gasteiger partial charge in [0.2, 0.25) is 0 Å². The van der Waals surface area contributed by atoms with Crippen LogP contribution in [0.1, 0.15) is 12.2 Å². The number of nitrogens with zero attached hydrogens (tertiary/aromatic N) is 2. The summed E-state index contributed by atoms with van der Waals surface area (Å²) in [6.07, 6.45) is 1.29. The van der Waals surface area contributed by atoms with Crippen molar-refractivity contribution in [2.75, 3.05) is 11.5 Å². The Hall–Kier alpha value is -1.44. The van der Waals surface area contributed by atoms with Crippen molar-refractivity contribution in [1.29, 1.82) is 0 Å². The Kier molecular flexibility index (Phi) is 3.73. The standard InChI is InChI=1S/C14H20N4O2S/c1-18-13-5-3-2-4-11(13)16-14(18)8-12(17-15)10-6-7-21(19,20)9-10/h2-5,10,12,17H,6-9,15H2,1H3. The Morgan fingerprint density at radius 2 is 2.24 bits per heavy atom. The predicted octanol–water partition coefficient (Wildman–Crippen LogP) is 0.382. The van der Waals surface area contributed by atoms with Gasteiger partial charge in [-0.1, -0.05) is 12.1 Å². The molecule has 3 N–H and O–H groups in total. The molecule has 1 aromatic heterocycles. The van der Waals surface area contributed by atoms with E-state index in [0.717, 1.165) is 16.9 Å². The zero-order valence-electron chi connectivity index (χ0n) is 12.0. The van der Waals surface area contributed by atoms with E-state index in [4.69, 9.17) is 5.84 Å². The molecule has 114 valence electrons. The number of hydrogen-bond acceptors (Lipinski definition) is 5. The number of aryl methyl sites for hydroxylation is 1. The van der Waals surface area contributed by atoms with Gasteiger partial charge < -0.3 is 4.57 Å². The average molecular weight is 308 g/mol. The van der Waals surface area contributed by atoms with Crippen molar-refractivity contribution in [3.63, 3.8) is 0 Å². The van der Waals surface area contributed by atoms with E-state index in [1.807, 2.05) is 35.9 Å². The average Bonchev–Trinajstić information content (AvgIpc) is 2.97. The number of hydrogen-bond donors (Lipinski definition) is 2. The number of aromatic nitrogens is 2. The van der Waals surface area contributed by atoms with Gasteiger partial charge in [0.25, 0.3) is 0 Å². The SMILES string of the molecule is Cn1c(CC(NN)C2CCS(=O)(=O)C2)nc2ccccc21. The molecule has 6 nitrogen and oxygen atoms in total. The van der Waals surface area contributed by atoms with E-state index >= 15 is 0 Å². The highest BCUT2D eigenvalue weighted by atomic mass is 32.2. The number of sulfone groups is 1. The molecule has 2 heterocycles. The zero-order valence-corrected chi connectivity index (χ0v) is 12.8. The molecule has 0 radical (unpaired) electrons. The molecule has 1 aliphatic heterocycles. The molecule has 0 aliphatic carbocycles. The van der Waals surface area contributed by atoms with Crippen molar-refractivity contribution in [2.45, 2.75) is 18.9 Å². The number of benzene rings is 1.